The van der Waals surface area contributed by atoms with Gasteiger partial charge in [-0.25, -0.2) is 9.59 Å². The average molecular weight is 394 g/mol. The highest BCUT2D eigenvalue weighted by molar-refractivity contribution is 5.92. The Balaban J connectivity index is 1.65. The zero-order valence-electron chi connectivity index (χ0n) is 16.1. The summed E-state index contributed by atoms with van der Waals surface area (Å²) in [6.07, 6.45) is 1.62. The van der Waals surface area contributed by atoms with Crippen LogP contribution in [0.3, 0.4) is 0 Å². The van der Waals surface area contributed by atoms with Gasteiger partial charge in [0.1, 0.15) is 18.3 Å². The molecule has 3 aliphatic heterocycles. The Morgan fingerprint density at radius 3 is 2.75 bits per heavy atom. The summed E-state index contributed by atoms with van der Waals surface area (Å²) in [5, 5.41) is 18.4. The Labute approximate surface area is 163 Å². The van der Waals surface area contributed by atoms with Crippen molar-refractivity contribution < 1.29 is 38.7 Å². The molecular formula is C20H26O8. The van der Waals surface area contributed by atoms with Crippen LogP contribution >= 0.6 is 0 Å². The molecule has 3 heterocycles. The van der Waals surface area contributed by atoms with Crippen molar-refractivity contribution in [1.29, 1.82) is 0 Å². The molecule has 8 heteroatoms. The third-order valence-electron chi connectivity index (χ3n) is 6.47. The SMILES string of the molecule is C=C1C(=O)O[C@H]2[C@H]1[C@@H](OC(=O)/C(=C/CO)CO)C[C@@]1(C)O[C@@H]1CC[C@@]1(C)O[C@H]21. The maximum absolute atomic E-state index is 12.6. The Bertz CT molecular complexity index is 744. The molecule has 154 valence electrons. The van der Waals surface area contributed by atoms with Crippen LogP contribution in [0.15, 0.2) is 23.8 Å². The van der Waals surface area contributed by atoms with E-state index in [1.165, 1.54) is 6.08 Å². The smallest absolute Gasteiger partial charge is 0.336 e. The van der Waals surface area contributed by atoms with Crippen LogP contribution in [0.2, 0.25) is 0 Å². The largest absolute Gasteiger partial charge is 0.458 e. The van der Waals surface area contributed by atoms with Gasteiger partial charge < -0.3 is 29.2 Å². The quantitative estimate of drug-likeness (QED) is 0.400. The van der Waals surface area contributed by atoms with E-state index in [0.29, 0.717) is 6.42 Å². The van der Waals surface area contributed by atoms with E-state index in [9.17, 15) is 14.7 Å². The van der Waals surface area contributed by atoms with Gasteiger partial charge in [-0.1, -0.05) is 6.58 Å². The third kappa shape index (κ3) is 3.18. The van der Waals surface area contributed by atoms with E-state index in [1.54, 1.807) is 0 Å². The van der Waals surface area contributed by atoms with Crippen LogP contribution in [0.1, 0.15) is 33.1 Å². The third-order valence-corrected chi connectivity index (χ3v) is 6.47. The molecule has 4 rings (SSSR count). The van der Waals surface area contributed by atoms with Crippen molar-refractivity contribution in [3.8, 4) is 0 Å². The first kappa shape index (κ1) is 19.6. The molecule has 0 bridgehead atoms. The zero-order chi connectivity index (χ0) is 20.3. The monoisotopic (exact) mass is 394 g/mol. The van der Waals surface area contributed by atoms with Gasteiger partial charge in [-0.2, -0.15) is 0 Å². The Kier molecular flexibility index (Phi) is 4.65. The van der Waals surface area contributed by atoms with Crippen molar-refractivity contribution in [3.63, 3.8) is 0 Å². The van der Waals surface area contributed by atoms with E-state index < -0.39 is 54.5 Å². The van der Waals surface area contributed by atoms with Crippen molar-refractivity contribution in [2.45, 2.75) is 68.7 Å². The highest BCUT2D eigenvalue weighted by Gasteiger charge is 2.67. The minimum Gasteiger partial charge on any atom is -0.458 e. The molecule has 0 amide bonds. The number of carbonyl (C=O) groups is 2. The summed E-state index contributed by atoms with van der Waals surface area (Å²) in [6.45, 7) is 6.87. The summed E-state index contributed by atoms with van der Waals surface area (Å²) < 4.78 is 23.1. The van der Waals surface area contributed by atoms with Crippen LogP contribution in [0, 0.1) is 5.92 Å². The second-order valence-electron chi connectivity index (χ2n) is 8.45. The molecule has 0 aromatic heterocycles. The fraction of sp³-hybridized carbons (Fsp3) is 0.700. The number of carbonyl (C=O) groups excluding carboxylic acids is 2. The van der Waals surface area contributed by atoms with Gasteiger partial charge >= 0.3 is 11.9 Å². The molecule has 4 aliphatic rings. The fourth-order valence-corrected chi connectivity index (χ4v) is 4.59. The van der Waals surface area contributed by atoms with Crippen molar-refractivity contribution in [2.24, 2.45) is 5.92 Å². The second kappa shape index (κ2) is 6.66. The van der Waals surface area contributed by atoms with Gasteiger partial charge in [-0.3, -0.25) is 0 Å². The van der Waals surface area contributed by atoms with E-state index in [2.05, 4.69) is 6.58 Å². The molecule has 0 aromatic rings. The van der Waals surface area contributed by atoms with E-state index >= 15 is 0 Å². The standard InChI is InChI=1S/C20H26O8/c1-10-14-12(25-18(24)11(9-22)5-7-21)8-20(3)13(27-20)4-6-19(2)16(28-19)15(14)26-17(10)23/h5,12-16,21-22H,1,4,6-9H2,2-3H3/b11-5+/t12-,13+,14+,15-,16+,19+,20+/m0/s1. The lowest BCUT2D eigenvalue weighted by Crippen LogP contribution is -2.41. The van der Waals surface area contributed by atoms with Crippen LogP contribution in [0.4, 0.5) is 0 Å². The van der Waals surface area contributed by atoms with Gasteiger partial charge in [0, 0.05) is 12.0 Å². The molecule has 0 spiro atoms. The first-order chi connectivity index (χ1) is 13.2. The summed E-state index contributed by atoms with van der Waals surface area (Å²) in [7, 11) is 0. The van der Waals surface area contributed by atoms with Gasteiger partial charge in [0.15, 0.2) is 0 Å². The first-order valence-corrected chi connectivity index (χ1v) is 9.59. The maximum atomic E-state index is 12.6. The molecule has 2 N–H and O–H groups in total. The number of aliphatic hydroxyl groups excluding tert-OH is 2. The number of rotatable bonds is 4. The molecule has 0 aromatic carbocycles. The summed E-state index contributed by atoms with van der Waals surface area (Å²) in [6, 6.07) is 0. The Morgan fingerprint density at radius 2 is 2.07 bits per heavy atom. The van der Waals surface area contributed by atoms with Crippen LogP contribution in [0.25, 0.3) is 0 Å². The van der Waals surface area contributed by atoms with Crippen molar-refractivity contribution in [2.75, 3.05) is 13.2 Å². The minimum absolute atomic E-state index is 0.0310. The maximum Gasteiger partial charge on any atom is 0.336 e. The molecule has 1 saturated carbocycles. The summed E-state index contributed by atoms with van der Waals surface area (Å²) >= 11 is 0. The topological polar surface area (TPSA) is 118 Å². The summed E-state index contributed by atoms with van der Waals surface area (Å²) in [5.41, 5.74) is -0.671. The molecule has 1 aliphatic carbocycles. The second-order valence-corrected chi connectivity index (χ2v) is 8.45. The van der Waals surface area contributed by atoms with Crippen LogP contribution in [0.5, 0.6) is 0 Å². The molecule has 7 atom stereocenters. The van der Waals surface area contributed by atoms with Crippen molar-refractivity contribution in [3.05, 3.63) is 23.8 Å². The molecule has 28 heavy (non-hydrogen) atoms. The van der Waals surface area contributed by atoms with Gasteiger partial charge in [-0.05, 0) is 32.8 Å². The number of fused-ring (bicyclic) bond motifs is 4. The molecule has 8 nitrogen and oxygen atoms in total. The molecule has 3 saturated heterocycles. The highest BCUT2D eigenvalue weighted by atomic mass is 16.7. The van der Waals surface area contributed by atoms with Crippen LogP contribution in [-0.2, 0) is 28.5 Å². The Hall–Kier alpha value is -1.74. The summed E-state index contributed by atoms with van der Waals surface area (Å²) in [4.78, 5) is 24.8. The zero-order valence-corrected chi connectivity index (χ0v) is 16.1. The van der Waals surface area contributed by atoms with E-state index in [1.807, 2.05) is 13.8 Å². The van der Waals surface area contributed by atoms with Crippen LogP contribution < -0.4 is 0 Å². The lowest BCUT2D eigenvalue weighted by molar-refractivity contribution is -0.150. The van der Waals surface area contributed by atoms with Gasteiger partial charge in [0.05, 0.1) is 42.0 Å². The van der Waals surface area contributed by atoms with Gasteiger partial charge in [0.25, 0.3) is 0 Å². The lowest BCUT2D eigenvalue weighted by Gasteiger charge is -2.29. The minimum atomic E-state index is -0.746. The molecular weight excluding hydrogens is 368 g/mol. The van der Waals surface area contributed by atoms with Crippen molar-refractivity contribution in [1.82, 2.24) is 0 Å². The lowest BCUT2D eigenvalue weighted by atomic mass is 9.79. The van der Waals surface area contributed by atoms with E-state index in [-0.39, 0.29) is 23.4 Å². The highest BCUT2D eigenvalue weighted by Crippen LogP contribution is 2.55. The van der Waals surface area contributed by atoms with Gasteiger partial charge in [-0.15, -0.1) is 0 Å². The predicted molar refractivity (Wildman–Crippen MR) is 95.1 cm³/mol. The average Bonchev–Trinajstić information content (AvgIpc) is 3.47. The normalized spacial score (nSPS) is 44.7. The molecule has 0 radical (unpaired) electrons. The number of esters is 2. The number of ether oxygens (including phenoxy) is 4. The predicted octanol–water partition coefficient (Wildman–Crippen LogP) is 0.406. The number of epoxide rings is 2. The molecule has 4 fully saturated rings. The number of hydrogen-bond acceptors (Lipinski definition) is 8. The van der Waals surface area contributed by atoms with Crippen molar-refractivity contribution >= 4 is 11.9 Å². The van der Waals surface area contributed by atoms with E-state index in [4.69, 9.17) is 24.1 Å². The number of aliphatic hydroxyl groups is 2. The molecule has 0 unspecified atom stereocenters. The van der Waals surface area contributed by atoms with E-state index in [0.717, 1.165) is 12.8 Å². The van der Waals surface area contributed by atoms with Crippen LogP contribution in [-0.4, -0.2) is 71.0 Å². The number of hydrogen-bond donors (Lipinski definition) is 2. The van der Waals surface area contributed by atoms with Gasteiger partial charge in [0.2, 0.25) is 0 Å². The summed E-state index contributed by atoms with van der Waals surface area (Å²) in [5.74, 6) is -1.82. The first-order valence-electron chi connectivity index (χ1n) is 9.59. The Morgan fingerprint density at radius 1 is 1.32 bits per heavy atom. The fourth-order valence-electron chi connectivity index (χ4n) is 4.59.